The summed E-state index contributed by atoms with van der Waals surface area (Å²) in [6.07, 6.45) is 7.46. The average Bonchev–Trinajstić information content (AvgIpc) is 2.69. The molecule has 3 rings (SSSR count). The van der Waals surface area contributed by atoms with Crippen molar-refractivity contribution in [2.45, 2.75) is 19.3 Å². The van der Waals surface area contributed by atoms with E-state index in [0.717, 1.165) is 36.8 Å². The fourth-order valence-corrected chi connectivity index (χ4v) is 2.84. The summed E-state index contributed by atoms with van der Waals surface area (Å²) in [5.41, 5.74) is 4.39. The van der Waals surface area contributed by atoms with Crippen molar-refractivity contribution in [3.05, 3.63) is 58.8 Å². The molecule has 0 bridgehead atoms. The van der Waals surface area contributed by atoms with Crippen molar-refractivity contribution in [2.75, 3.05) is 0 Å². The van der Waals surface area contributed by atoms with Crippen LogP contribution in [0, 0.1) is 5.92 Å². The number of aldehydes is 1. The lowest BCUT2D eigenvalue weighted by Crippen LogP contribution is -1.98. The van der Waals surface area contributed by atoms with Crippen molar-refractivity contribution < 1.29 is 4.79 Å². The first-order valence-electron chi connectivity index (χ1n) is 6.46. The Labute approximate surface area is 117 Å². The van der Waals surface area contributed by atoms with Crippen LogP contribution >= 0.6 is 11.6 Å². The quantitative estimate of drug-likeness (QED) is 0.717. The molecule has 0 saturated carbocycles. The molecule has 2 nitrogen and oxygen atoms in total. The van der Waals surface area contributed by atoms with Crippen LogP contribution in [-0.2, 0) is 11.2 Å². The maximum absolute atomic E-state index is 10.9. The molecule has 0 aromatic heterocycles. The van der Waals surface area contributed by atoms with Gasteiger partial charge in [0.1, 0.15) is 11.5 Å². The standard InChI is InChI=1S/C16H14ClNO/c17-16-14-4-2-1-3-12(14)9-13-7-5-11(10-19)6-8-15(13)18-16/h1-5,7,10-11H,6,8-9H2. The number of hydrogen-bond donors (Lipinski definition) is 0. The monoisotopic (exact) mass is 271 g/mol. The van der Waals surface area contributed by atoms with E-state index in [4.69, 9.17) is 11.6 Å². The number of nitrogens with zero attached hydrogens (tertiary/aromatic N) is 1. The largest absolute Gasteiger partial charge is 0.303 e. The van der Waals surface area contributed by atoms with Gasteiger partial charge in [0.2, 0.25) is 0 Å². The number of aliphatic imine (C=N–C) groups is 1. The lowest BCUT2D eigenvalue weighted by atomic mass is 10.00. The van der Waals surface area contributed by atoms with Gasteiger partial charge in [-0.1, -0.05) is 48.0 Å². The van der Waals surface area contributed by atoms with Gasteiger partial charge >= 0.3 is 0 Å². The third kappa shape index (κ3) is 2.41. The summed E-state index contributed by atoms with van der Waals surface area (Å²) in [7, 11) is 0. The lowest BCUT2D eigenvalue weighted by molar-refractivity contribution is -0.110. The van der Waals surface area contributed by atoms with Gasteiger partial charge in [-0.3, -0.25) is 0 Å². The van der Waals surface area contributed by atoms with E-state index >= 15 is 0 Å². The zero-order valence-electron chi connectivity index (χ0n) is 10.5. The van der Waals surface area contributed by atoms with E-state index < -0.39 is 0 Å². The Hall–Kier alpha value is -1.67. The van der Waals surface area contributed by atoms with Gasteiger partial charge < -0.3 is 4.79 Å². The number of carbonyl (C=O) groups is 1. The Morgan fingerprint density at radius 1 is 1.32 bits per heavy atom. The van der Waals surface area contributed by atoms with Crippen LogP contribution in [0.5, 0.6) is 0 Å². The van der Waals surface area contributed by atoms with Gasteiger partial charge in [-0.15, -0.1) is 0 Å². The summed E-state index contributed by atoms with van der Waals surface area (Å²) in [5.74, 6) is -0.00357. The molecule has 19 heavy (non-hydrogen) atoms. The zero-order chi connectivity index (χ0) is 13.2. The summed E-state index contributed by atoms with van der Waals surface area (Å²) < 4.78 is 0. The first-order valence-corrected chi connectivity index (χ1v) is 6.83. The van der Waals surface area contributed by atoms with E-state index in [-0.39, 0.29) is 5.92 Å². The highest BCUT2D eigenvalue weighted by molar-refractivity contribution is 6.69. The Balaban J connectivity index is 2.04. The van der Waals surface area contributed by atoms with Crippen LogP contribution in [0.25, 0.3) is 0 Å². The summed E-state index contributed by atoms with van der Waals surface area (Å²) in [6.45, 7) is 0. The Morgan fingerprint density at radius 3 is 3.00 bits per heavy atom. The molecule has 1 aromatic carbocycles. The minimum absolute atomic E-state index is 0.00357. The van der Waals surface area contributed by atoms with Crippen LogP contribution in [-0.4, -0.2) is 11.5 Å². The molecule has 0 fully saturated rings. The molecule has 2 aliphatic rings. The van der Waals surface area contributed by atoms with Crippen LogP contribution in [0.3, 0.4) is 0 Å². The summed E-state index contributed by atoms with van der Waals surface area (Å²) >= 11 is 6.32. The second-order valence-corrected chi connectivity index (χ2v) is 5.26. The highest BCUT2D eigenvalue weighted by Gasteiger charge is 2.19. The van der Waals surface area contributed by atoms with Crippen molar-refractivity contribution in [2.24, 2.45) is 10.9 Å². The van der Waals surface area contributed by atoms with Crippen LogP contribution in [0.1, 0.15) is 24.0 Å². The van der Waals surface area contributed by atoms with Crippen LogP contribution < -0.4 is 0 Å². The van der Waals surface area contributed by atoms with Gasteiger partial charge in [0.05, 0.1) is 0 Å². The third-order valence-electron chi connectivity index (χ3n) is 3.66. The smallest absolute Gasteiger partial charge is 0.136 e. The van der Waals surface area contributed by atoms with Crippen molar-refractivity contribution in [3.8, 4) is 0 Å². The normalized spacial score (nSPS) is 21.9. The fourth-order valence-electron chi connectivity index (χ4n) is 2.56. The van der Waals surface area contributed by atoms with Gasteiger partial charge in [-0.05, 0) is 30.4 Å². The van der Waals surface area contributed by atoms with Crippen LogP contribution in [0.15, 0.2) is 52.7 Å². The van der Waals surface area contributed by atoms with Crippen molar-refractivity contribution in [1.82, 2.24) is 0 Å². The fraction of sp³-hybridized carbons (Fsp3) is 0.250. The number of hydrogen-bond acceptors (Lipinski definition) is 2. The minimum atomic E-state index is -0.00357. The molecule has 0 radical (unpaired) electrons. The number of allylic oxidation sites excluding steroid dienone is 4. The predicted molar refractivity (Wildman–Crippen MR) is 77.5 cm³/mol. The predicted octanol–water partition coefficient (Wildman–Crippen LogP) is 3.65. The van der Waals surface area contributed by atoms with E-state index in [1.807, 2.05) is 30.4 Å². The van der Waals surface area contributed by atoms with E-state index in [9.17, 15) is 4.79 Å². The number of fused-ring (bicyclic) bond motifs is 1. The van der Waals surface area contributed by atoms with E-state index in [0.29, 0.717) is 5.17 Å². The SMILES string of the molecule is O=CC1C=CC2=C(CC1)N=C(Cl)c1ccccc1C2. The topological polar surface area (TPSA) is 29.4 Å². The van der Waals surface area contributed by atoms with Gasteiger partial charge in [0.25, 0.3) is 0 Å². The summed E-state index contributed by atoms with van der Waals surface area (Å²) in [6, 6.07) is 8.08. The lowest BCUT2D eigenvalue weighted by Gasteiger charge is -2.05. The molecule has 1 atom stereocenters. The number of carbonyl (C=O) groups excluding carboxylic acids is 1. The third-order valence-corrected chi connectivity index (χ3v) is 3.95. The van der Waals surface area contributed by atoms with Crippen molar-refractivity contribution in [3.63, 3.8) is 0 Å². The highest BCUT2D eigenvalue weighted by atomic mass is 35.5. The molecule has 96 valence electrons. The summed E-state index contributed by atoms with van der Waals surface area (Å²) in [4.78, 5) is 15.5. The maximum atomic E-state index is 10.9. The average molecular weight is 272 g/mol. The molecular weight excluding hydrogens is 258 g/mol. The van der Waals surface area contributed by atoms with Crippen molar-refractivity contribution >= 4 is 23.1 Å². The molecule has 0 amide bonds. The summed E-state index contributed by atoms with van der Waals surface area (Å²) in [5, 5.41) is 0.554. The van der Waals surface area contributed by atoms with Gasteiger partial charge in [-0.25, -0.2) is 4.99 Å². The molecular formula is C16H14ClNO. The van der Waals surface area contributed by atoms with Gasteiger partial charge in [0.15, 0.2) is 0 Å². The van der Waals surface area contributed by atoms with E-state index in [1.54, 1.807) is 0 Å². The molecule has 0 saturated heterocycles. The molecule has 1 aromatic rings. The van der Waals surface area contributed by atoms with Crippen LogP contribution in [0.2, 0.25) is 0 Å². The molecule has 1 heterocycles. The van der Waals surface area contributed by atoms with Crippen LogP contribution in [0.4, 0.5) is 0 Å². The second kappa shape index (κ2) is 5.14. The first kappa shape index (κ1) is 12.4. The molecule has 3 heteroatoms. The van der Waals surface area contributed by atoms with E-state index in [1.165, 1.54) is 11.1 Å². The van der Waals surface area contributed by atoms with Gasteiger partial charge in [-0.2, -0.15) is 0 Å². The molecule has 1 aliphatic heterocycles. The number of rotatable bonds is 1. The Kier molecular flexibility index (Phi) is 3.34. The first-order chi connectivity index (χ1) is 9.28. The number of halogens is 1. The van der Waals surface area contributed by atoms with E-state index in [2.05, 4.69) is 11.1 Å². The molecule has 1 unspecified atom stereocenters. The number of benzene rings is 1. The molecule has 0 spiro atoms. The van der Waals surface area contributed by atoms with Crippen molar-refractivity contribution in [1.29, 1.82) is 0 Å². The van der Waals surface area contributed by atoms with Gasteiger partial charge in [0, 0.05) is 17.2 Å². The Morgan fingerprint density at radius 2 is 2.16 bits per heavy atom. The maximum Gasteiger partial charge on any atom is 0.136 e. The second-order valence-electron chi connectivity index (χ2n) is 4.91. The highest BCUT2D eigenvalue weighted by Crippen LogP contribution is 2.30. The molecule has 0 N–H and O–H groups in total. The zero-order valence-corrected chi connectivity index (χ0v) is 11.2. The Bertz CT molecular complexity index is 613. The minimum Gasteiger partial charge on any atom is -0.303 e. The molecule has 1 aliphatic carbocycles.